The lowest BCUT2D eigenvalue weighted by Gasteiger charge is -2.00. The number of aryl methyl sites for hydroxylation is 2. The van der Waals surface area contributed by atoms with Gasteiger partial charge in [-0.2, -0.15) is 0 Å². The standard InChI is InChI=1S/C12H21N2O2/c1-13-8-9-14(11-13)7-5-3-2-4-6-10-16-12-15/h8-9,11-12H,2-7,10H2,1H3/q+1. The third kappa shape index (κ3) is 5.53. The first-order valence-corrected chi connectivity index (χ1v) is 5.89. The third-order valence-electron chi connectivity index (χ3n) is 2.57. The summed E-state index contributed by atoms with van der Waals surface area (Å²) in [4.78, 5) is 9.87. The van der Waals surface area contributed by atoms with Gasteiger partial charge in [0.2, 0.25) is 6.33 Å². The van der Waals surface area contributed by atoms with Crippen LogP contribution >= 0.6 is 0 Å². The second-order valence-corrected chi connectivity index (χ2v) is 4.05. The number of ether oxygens (including phenoxy) is 1. The van der Waals surface area contributed by atoms with Crippen molar-refractivity contribution in [3.8, 4) is 0 Å². The molecule has 0 aliphatic rings. The van der Waals surface area contributed by atoms with Gasteiger partial charge in [-0.3, -0.25) is 4.79 Å². The van der Waals surface area contributed by atoms with Crippen molar-refractivity contribution in [1.29, 1.82) is 0 Å². The first kappa shape index (κ1) is 12.7. The van der Waals surface area contributed by atoms with Crippen molar-refractivity contribution in [3.05, 3.63) is 18.7 Å². The molecule has 0 aliphatic carbocycles. The van der Waals surface area contributed by atoms with Crippen molar-refractivity contribution in [3.63, 3.8) is 0 Å². The van der Waals surface area contributed by atoms with Crippen LogP contribution in [-0.4, -0.2) is 17.6 Å². The molecule has 0 bridgehead atoms. The molecule has 1 aromatic heterocycles. The van der Waals surface area contributed by atoms with E-state index >= 15 is 0 Å². The Balaban J connectivity index is 1.90. The van der Waals surface area contributed by atoms with Gasteiger partial charge in [-0.15, -0.1) is 0 Å². The Morgan fingerprint density at radius 2 is 2.00 bits per heavy atom. The molecule has 0 saturated carbocycles. The summed E-state index contributed by atoms with van der Waals surface area (Å²) in [5, 5.41) is 0. The van der Waals surface area contributed by atoms with Crippen LogP contribution in [0.15, 0.2) is 18.7 Å². The molecule has 0 unspecified atom stereocenters. The zero-order valence-corrected chi connectivity index (χ0v) is 9.97. The van der Waals surface area contributed by atoms with Crippen LogP contribution in [0.25, 0.3) is 0 Å². The lowest BCUT2D eigenvalue weighted by molar-refractivity contribution is -0.696. The van der Waals surface area contributed by atoms with E-state index in [1.165, 1.54) is 19.3 Å². The summed E-state index contributed by atoms with van der Waals surface area (Å²) in [6.45, 7) is 2.18. The van der Waals surface area contributed by atoms with E-state index in [1.807, 2.05) is 7.05 Å². The summed E-state index contributed by atoms with van der Waals surface area (Å²) in [5.74, 6) is 0. The van der Waals surface area contributed by atoms with Gasteiger partial charge in [-0.1, -0.05) is 12.8 Å². The van der Waals surface area contributed by atoms with Crippen LogP contribution < -0.4 is 4.57 Å². The monoisotopic (exact) mass is 225 g/mol. The minimum atomic E-state index is 0.520. The van der Waals surface area contributed by atoms with Crippen LogP contribution in [0.5, 0.6) is 0 Å². The number of unbranched alkanes of at least 4 members (excludes halogenated alkanes) is 4. The smallest absolute Gasteiger partial charge is 0.293 e. The highest BCUT2D eigenvalue weighted by Gasteiger charge is 1.99. The summed E-state index contributed by atoms with van der Waals surface area (Å²) >= 11 is 0. The molecule has 0 saturated heterocycles. The first-order valence-electron chi connectivity index (χ1n) is 5.89. The van der Waals surface area contributed by atoms with Crippen LogP contribution in [0.2, 0.25) is 0 Å². The van der Waals surface area contributed by atoms with E-state index in [4.69, 9.17) is 0 Å². The average molecular weight is 225 g/mol. The summed E-state index contributed by atoms with van der Waals surface area (Å²) < 4.78 is 8.88. The number of rotatable bonds is 9. The van der Waals surface area contributed by atoms with Crippen molar-refractivity contribution in [1.82, 2.24) is 4.57 Å². The molecule has 0 amide bonds. The van der Waals surface area contributed by atoms with Gasteiger partial charge in [0.25, 0.3) is 6.47 Å². The van der Waals surface area contributed by atoms with Crippen LogP contribution in [0.4, 0.5) is 0 Å². The number of aromatic nitrogens is 2. The Labute approximate surface area is 96.8 Å². The molecule has 90 valence electrons. The number of carbonyl (C=O) groups is 1. The van der Waals surface area contributed by atoms with E-state index in [-0.39, 0.29) is 0 Å². The minimum Gasteiger partial charge on any atom is -0.468 e. The van der Waals surface area contributed by atoms with Crippen molar-refractivity contribution < 1.29 is 14.1 Å². The van der Waals surface area contributed by atoms with Gasteiger partial charge in [0, 0.05) is 0 Å². The molecule has 0 radical (unpaired) electrons. The average Bonchev–Trinajstić information content (AvgIpc) is 2.68. The molecule has 0 spiro atoms. The van der Waals surface area contributed by atoms with Crippen LogP contribution in [0.3, 0.4) is 0 Å². The largest absolute Gasteiger partial charge is 0.468 e. The maximum absolute atomic E-state index is 9.87. The van der Waals surface area contributed by atoms with Crippen molar-refractivity contribution >= 4 is 6.47 Å². The Morgan fingerprint density at radius 1 is 1.25 bits per heavy atom. The van der Waals surface area contributed by atoms with Crippen LogP contribution in [0.1, 0.15) is 32.1 Å². The molecule has 4 heteroatoms. The van der Waals surface area contributed by atoms with E-state index in [9.17, 15) is 4.79 Å². The highest BCUT2D eigenvalue weighted by atomic mass is 16.5. The molecule has 1 aromatic rings. The third-order valence-corrected chi connectivity index (χ3v) is 2.57. The molecule has 0 aliphatic heterocycles. The number of imidazole rings is 1. The molecule has 4 nitrogen and oxygen atoms in total. The van der Waals surface area contributed by atoms with Gasteiger partial charge in [-0.25, -0.2) is 9.13 Å². The van der Waals surface area contributed by atoms with Gasteiger partial charge >= 0.3 is 0 Å². The maximum Gasteiger partial charge on any atom is 0.293 e. The summed E-state index contributed by atoms with van der Waals surface area (Å²) in [6.07, 6.45) is 12.0. The molecule has 1 heterocycles. The molecule has 1 rings (SSSR count). The van der Waals surface area contributed by atoms with E-state index < -0.39 is 0 Å². The zero-order chi connectivity index (χ0) is 11.6. The number of hydrogen-bond acceptors (Lipinski definition) is 2. The molecule has 0 fully saturated rings. The number of nitrogens with zero attached hydrogens (tertiary/aromatic N) is 2. The second-order valence-electron chi connectivity index (χ2n) is 4.05. The quantitative estimate of drug-likeness (QED) is 0.362. The molecular formula is C12H21N2O2+. The highest BCUT2D eigenvalue weighted by molar-refractivity contribution is 5.36. The molecule has 0 atom stereocenters. The number of carbonyl (C=O) groups excluding carboxylic acids is 1. The zero-order valence-electron chi connectivity index (χ0n) is 9.97. The van der Waals surface area contributed by atoms with Gasteiger partial charge in [0.15, 0.2) is 0 Å². The lowest BCUT2D eigenvalue weighted by atomic mass is 10.1. The van der Waals surface area contributed by atoms with E-state index in [2.05, 4.69) is 32.6 Å². The van der Waals surface area contributed by atoms with Gasteiger partial charge in [0.05, 0.1) is 20.2 Å². The van der Waals surface area contributed by atoms with E-state index in [0.29, 0.717) is 13.1 Å². The fourth-order valence-corrected chi connectivity index (χ4v) is 1.69. The first-order chi connectivity index (χ1) is 7.83. The highest BCUT2D eigenvalue weighted by Crippen LogP contribution is 2.02. The summed E-state index contributed by atoms with van der Waals surface area (Å²) in [5.41, 5.74) is 0. The Bertz CT molecular complexity index is 297. The molecule has 0 aromatic carbocycles. The van der Waals surface area contributed by atoms with E-state index in [1.54, 1.807) is 0 Å². The topological polar surface area (TPSA) is 35.1 Å². The van der Waals surface area contributed by atoms with Gasteiger partial charge in [-0.05, 0) is 19.3 Å². The van der Waals surface area contributed by atoms with Crippen molar-refractivity contribution in [2.75, 3.05) is 6.61 Å². The predicted octanol–water partition coefficient (Wildman–Crippen LogP) is 1.44. The lowest BCUT2D eigenvalue weighted by Crippen LogP contribution is -2.30. The SMILES string of the molecule is Cn1cc[n+](CCCCCCCOC=O)c1. The molecular weight excluding hydrogens is 204 g/mol. The Morgan fingerprint density at radius 3 is 2.69 bits per heavy atom. The number of hydrogen-bond donors (Lipinski definition) is 0. The predicted molar refractivity (Wildman–Crippen MR) is 60.7 cm³/mol. The Kier molecular flexibility index (Phi) is 6.30. The van der Waals surface area contributed by atoms with E-state index in [0.717, 1.165) is 19.4 Å². The van der Waals surface area contributed by atoms with Crippen molar-refractivity contribution in [2.24, 2.45) is 7.05 Å². The summed E-state index contributed by atoms with van der Waals surface area (Å²) in [7, 11) is 2.03. The molecule has 0 N–H and O–H groups in total. The molecule has 16 heavy (non-hydrogen) atoms. The van der Waals surface area contributed by atoms with Gasteiger partial charge in [0.1, 0.15) is 12.4 Å². The normalized spacial score (nSPS) is 10.3. The summed E-state index contributed by atoms with van der Waals surface area (Å²) in [6, 6.07) is 0. The second kappa shape index (κ2) is 7.91. The van der Waals surface area contributed by atoms with Gasteiger partial charge < -0.3 is 4.74 Å². The minimum absolute atomic E-state index is 0.520. The fraction of sp³-hybridized carbons (Fsp3) is 0.667. The maximum atomic E-state index is 9.87. The fourth-order valence-electron chi connectivity index (χ4n) is 1.69. The van der Waals surface area contributed by atoms with Crippen LogP contribution in [-0.2, 0) is 23.1 Å². The van der Waals surface area contributed by atoms with Crippen LogP contribution in [0, 0.1) is 0 Å². The van der Waals surface area contributed by atoms with Crippen molar-refractivity contribution in [2.45, 2.75) is 38.6 Å². The Hall–Kier alpha value is -1.32.